The van der Waals surface area contributed by atoms with Gasteiger partial charge in [-0.25, -0.2) is 9.78 Å². The average Bonchev–Trinajstić information content (AvgIpc) is 3.34. The molecule has 196 valence electrons. The van der Waals surface area contributed by atoms with Crippen LogP contribution in [0.3, 0.4) is 0 Å². The summed E-state index contributed by atoms with van der Waals surface area (Å²) >= 11 is 0. The number of alkyl halides is 3. The Morgan fingerprint density at radius 3 is 2.55 bits per heavy atom. The van der Waals surface area contributed by atoms with Gasteiger partial charge in [-0.2, -0.15) is 13.2 Å². The molecule has 0 spiro atoms. The maximum Gasteiger partial charge on any atom is 0.416 e. The summed E-state index contributed by atoms with van der Waals surface area (Å²) < 4.78 is 46.7. The quantitative estimate of drug-likeness (QED) is 0.170. The number of nitrogens with one attached hydrogen (secondary N) is 1. The van der Waals surface area contributed by atoms with Gasteiger partial charge in [-0.05, 0) is 77.6 Å². The minimum atomic E-state index is -4.58. The van der Waals surface area contributed by atoms with Crippen LogP contribution in [-0.4, -0.2) is 26.7 Å². The molecular weight excluding hydrogens is 497 g/mol. The smallest absolute Gasteiger partial charge is 0.416 e. The van der Waals surface area contributed by atoms with Crippen LogP contribution in [0.5, 0.6) is 0 Å². The first-order valence-corrected chi connectivity index (χ1v) is 11.6. The second kappa shape index (κ2) is 10.5. The van der Waals surface area contributed by atoms with Gasteiger partial charge in [0.1, 0.15) is 11.1 Å². The third-order valence-corrected chi connectivity index (χ3v) is 6.39. The van der Waals surface area contributed by atoms with E-state index in [0.29, 0.717) is 17.4 Å². The van der Waals surface area contributed by atoms with Gasteiger partial charge in [0.15, 0.2) is 12.0 Å². The van der Waals surface area contributed by atoms with Crippen LogP contribution in [0.4, 0.5) is 13.2 Å². The number of aliphatic carboxylic acids is 1. The highest BCUT2D eigenvalue weighted by atomic mass is 19.4. The number of hydrogen-bond donors (Lipinski definition) is 3. The first kappa shape index (κ1) is 26.7. The summed E-state index contributed by atoms with van der Waals surface area (Å²) in [7, 11) is 0. The van der Waals surface area contributed by atoms with Crippen molar-refractivity contribution in [3.8, 4) is 11.1 Å². The van der Waals surface area contributed by atoms with Crippen LogP contribution in [0.1, 0.15) is 34.7 Å². The lowest BCUT2D eigenvalue weighted by molar-refractivity contribution is -0.142. The van der Waals surface area contributed by atoms with Crippen LogP contribution in [-0.2, 0) is 17.5 Å². The Labute approximate surface area is 216 Å². The highest BCUT2D eigenvalue weighted by Gasteiger charge is 2.33. The van der Waals surface area contributed by atoms with Gasteiger partial charge in [-0.15, -0.1) is 0 Å². The van der Waals surface area contributed by atoms with Crippen LogP contribution in [0.15, 0.2) is 77.7 Å². The van der Waals surface area contributed by atoms with Crippen LogP contribution < -0.4 is 5.32 Å². The number of halogens is 3. The molecule has 0 fully saturated rings. The van der Waals surface area contributed by atoms with E-state index in [0.717, 1.165) is 39.9 Å². The van der Waals surface area contributed by atoms with Gasteiger partial charge in [0.25, 0.3) is 0 Å². The Balaban J connectivity index is 1.67. The Hall–Kier alpha value is -4.37. The molecule has 0 saturated carbocycles. The maximum absolute atomic E-state index is 13.8. The number of carboxylic acids is 1. The largest absolute Gasteiger partial charge is 0.516 e. The van der Waals surface area contributed by atoms with Crippen molar-refractivity contribution < 1.29 is 32.6 Å². The van der Waals surface area contributed by atoms with Gasteiger partial charge < -0.3 is 14.6 Å². The minimum Gasteiger partial charge on any atom is -0.516 e. The maximum atomic E-state index is 13.8. The zero-order valence-electron chi connectivity index (χ0n) is 20.6. The lowest BCUT2D eigenvalue weighted by Gasteiger charge is -2.22. The van der Waals surface area contributed by atoms with Crippen molar-refractivity contribution in [1.82, 2.24) is 10.3 Å². The summed E-state index contributed by atoms with van der Waals surface area (Å²) in [4.78, 5) is 15.7. The number of aromatic nitrogens is 1. The topological polar surface area (TPSA) is 95.6 Å². The molecule has 3 N–H and O–H groups in total. The molecule has 0 radical (unpaired) electrons. The lowest BCUT2D eigenvalue weighted by atomic mass is 9.95. The number of carboxylic acid groups (broad SMARTS) is 1. The minimum absolute atomic E-state index is 0.0370. The third kappa shape index (κ3) is 5.63. The predicted molar refractivity (Wildman–Crippen MR) is 139 cm³/mol. The monoisotopic (exact) mass is 522 g/mol. The molecule has 38 heavy (non-hydrogen) atoms. The van der Waals surface area contributed by atoms with Crippen LogP contribution in [0, 0.1) is 6.92 Å². The molecule has 3 aromatic carbocycles. The second-order valence-corrected chi connectivity index (χ2v) is 8.98. The van der Waals surface area contributed by atoms with Crippen LogP contribution in [0.25, 0.3) is 34.4 Å². The zero-order chi connectivity index (χ0) is 27.5. The van der Waals surface area contributed by atoms with Crippen molar-refractivity contribution in [3.63, 3.8) is 0 Å². The van der Waals surface area contributed by atoms with E-state index in [4.69, 9.17) is 9.52 Å². The summed E-state index contributed by atoms with van der Waals surface area (Å²) in [5.74, 6) is -1.24. The molecule has 6 nitrogen and oxygen atoms in total. The van der Waals surface area contributed by atoms with Crippen molar-refractivity contribution >= 4 is 29.2 Å². The molecular formula is C29H25F3N2O4. The van der Waals surface area contributed by atoms with Gasteiger partial charge in [-0.3, -0.25) is 5.32 Å². The lowest BCUT2D eigenvalue weighted by Crippen LogP contribution is -2.47. The molecule has 1 aromatic heterocycles. The highest BCUT2D eigenvalue weighted by Crippen LogP contribution is 2.34. The zero-order valence-corrected chi connectivity index (χ0v) is 20.6. The van der Waals surface area contributed by atoms with E-state index in [1.165, 1.54) is 31.5 Å². The van der Waals surface area contributed by atoms with Crippen LogP contribution >= 0.6 is 0 Å². The van der Waals surface area contributed by atoms with Gasteiger partial charge >= 0.3 is 12.1 Å². The summed E-state index contributed by atoms with van der Waals surface area (Å²) in [6.45, 7) is 3.19. The van der Waals surface area contributed by atoms with Gasteiger partial charge in [-0.1, -0.05) is 42.5 Å². The van der Waals surface area contributed by atoms with E-state index in [2.05, 4.69) is 10.3 Å². The fourth-order valence-electron chi connectivity index (χ4n) is 4.11. The highest BCUT2D eigenvalue weighted by molar-refractivity contribution is 5.83. The molecule has 0 aliphatic heterocycles. The SMILES string of the molecule is Cc1c(/C=C/c2cc(CNC(C)(/C=C/O)C(=O)O)ccc2C(F)(F)F)cccc1-c1ccc2ncoc2c1. The third-order valence-electron chi connectivity index (χ3n) is 6.39. The normalized spacial score (nSPS) is 13.9. The molecule has 4 rings (SSSR count). The van der Waals surface area contributed by atoms with E-state index < -0.39 is 23.2 Å². The number of aliphatic hydroxyl groups is 1. The van der Waals surface area contributed by atoms with E-state index in [1.807, 2.05) is 43.3 Å². The molecule has 1 atom stereocenters. The first-order chi connectivity index (χ1) is 18.0. The number of oxazole rings is 1. The number of rotatable bonds is 8. The van der Waals surface area contributed by atoms with Crippen molar-refractivity contribution in [1.29, 1.82) is 0 Å². The second-order valence-electron chi connectivity index (χ2n) is 8.98. The number of hydrogen-bond acceptors (Lipinski definition) is 5. The molecule has 0 amide bonds. The number of benzene rings is 3. The van der Waals surface area contributed by atoms with E-state index in [1.54, 1.807) is 6.08 Å². The first-order valence-electron chi connectivity index (χ1n) is 11.6. The van der Waals surface area contributed by atoms with E-state index in [9.17, 15) is 23.1 Å². The van der Waals surface area contributed by atoms with Gasteiger partial charge in [0.2, 0.25) is 0 Å². The molecule has 0 aliphatic rings. The van der Waals surface area contributed by atoms with Crippen molar-refractivity contribution in [3.05, 3.63) is 101 Å². The average molecular weight is 523 g/mol. The number of fused-ring (bicyclic) bond motifs is 1. The summed E-state index contributed by atoms with van der Waals surface area (Å²) in [6, 6.07) is 14.8. The van der Waals surface area contributed by atoms with E-state index >= 15 is 0 Å². The molecule has 9 heteroatoms. The molecule has 0 aliphatic carbocycles. The number of nitrogens with zero attached hydrogens (tertiary/aromatic N) is 1. The van der Waals surface area contributed by atoms with Gasteiger partial charge in [0, 0.05) is 6.54 Å². The standard InChI is InChI=1S/C29H25F3N2O4/c1-18-20(4-3-5-23(18)21-9-11-25-26(15-21)38-17-33-25)7-8-22-14-19(6-10-24(22)29(30,31)32)16-34-28(2,12-13-35)27(36)37/h3-15,17,34-35H,16H2,1-2H3,(H,36,37)/b8-7+,13-12+. The summed E-state index contributed by atoms with van der Waals surface area (Å²) in [5.41, 5.74) is 2.77. The molecule has 4 aromatic rings. The van der Waals surface area contributed by atoms with E-state index in [-0.39, 0.29) is 12.1 Å². The molecule has 1 unspecified atom stereocenters. The Bertz CT molecular complexity index is 1540. The number of carbonyl (C=O) groups is 1. The molecule has 0 saturated heterocycles. The van der Waals surface area contributed by atoms with Gasteiger partial charge in [0.05, 0.1) is 11.8 Å². The van der Waals surface area contributed by atoms with Crippen LogP contribution in [0.2, 0.25) is 0 Å². The Morgan fingerprint density at radius 1 is 1.08 bits per heavy atom. The van der Waals surface area contributed by atoms with Crippen molar-refractivity contribution in [2.24, 2.45) is 0 Å². The summed E-state index contributed by atoms with van der Waals surface area (Å²) in [5, 5.41) is 21.2. The fourth-order valence-corrected chi connectivity index (χ4v) is 4.11. The number of aliphatic hydroxyl groups excluding tert-OH is 1. The predicted octanol–water partition coefficient (Wildman–Crippen LogP) is 7.00. The Kier molecular flexibility index (Phi) is 7.41. The summed E-state index contributed by atoms with van der Waals surface area (Å²) in [6.07, 6.45) is 1.49. The van der Waals surface area contributed by atoms with Crippen molar-refractivity contribution in [2.45, 2.75) is 32.1 Å². The van der Waals surface area contributed by atoms with Crippen molar-refractivity contribution in [2.75, 3.05) is 0 Å². The molecule has 1 heterocycles. The Morgan fingerprint density at radius 2 is 1.84 bits per heavy atom. The molecule has 0 bridgehead atoms. The fraction of sp³-hybridized carbons (Fsp3) is 0.172.